The Morgan fingerprint density at radius 1 is 0.660 bits per heavy atom. The molecule has 1 aliphatic rings. The van der Waals surface area contributed by atoms with Crippen LogP contribution < -0.4 is 5.32 Å². The molecule has 0 heterocycles. The number of allylic oxidation sites excluding steroid dienone is 7. The molecule has 0 aromatic heterocycles. The van der Waals surface area contributed by atoms with E-state index < -0.39 is 75.2 Å². The van der Waals surface area contributed by atoms with E-state index >= 15 is 0 Å². The quantitative estimate of drug-likeness (QED) is 0.0273. The van der Waals surface area contributed by atoms with Crippen LogP contribution in [0, 0.1) is 0 Å². The lowest BCUT2D eigenvalue weighted by atomic mass is 9.85. The van der Waals surface area contributed by atoms with Gasteiger partial charge in [-0.2, -0.15) is 0 Å². The molecule has 9 N–H and O–H groups in total. The Bertz CT molecular complexity index is 1100. The molecule has 1 aliphatic carbocycles. The maximum absolute atomic E-state index is 12.9. The van der Waals surface area contributed by atoms with Gasteiger partial charge in [-0.05, 0) is 70.6 Å². The first-order chi connectivity index (χ1) is 25.3. The summed E-state index contributed by atoms with van der Waals surface area (Å²) in [5.41, 5.74) is 0. The molecule has 0 aromatic rings. The van der Waals surface area contributed by atoms with E-state index in [2.05, 4.69) is 49.5 Å². The summed E-state index contributed by atoms with van der Waals surface area (Å²) < 4.78 is 22.7. The highest BCUT2D eigenvalue weighted by Crippen LogP contribution is 2.47. The van der Waals surface area contributed by atoms with Gasteiger partial charge in [-0.25, -0.2) is 4.57 Å². The van der Waals surface area contributed by atoms with E-state index in [0.29, 0.717) is 19.3 Å². The molecule has 53 heavy (non-hydrogen) atoms. The molecule has 1 rings (SSSR count). The van der Waals surface area contributed by atoms with Gasteiger partial charge in [-0.3, -0.25) is 13.8 Å². The van der Waals surface area contributed by atoms with Crippen molar-refractivity contribution in [3.05, 3.63) is 48.6 Å². The molecule has 8 atom stereocenters. The third-order valence-electron chi connectivity index (χ3n) is 9.11. The molecule has 0 aromatic carbocycles. The topological polar surface area (TPSA) is 226 Å². The number of carbonyl (C=O) groups excluding carboxylic acids is 1. The highest BCUT2D eigenvalue weighted by atomic mass is 31.2. The molecular formula is C39H70NO12P. The summed E-state index contributed by atoms with van der Waals surface area (Å²) in [6.07, 6.45) is 18.0. The Labute approximate surface area is 317 Å². The van der Waals surface area contributed by atoms with Gasteiger partial charge in [0.1, 0.15) is 36.6 Å². The fraction of sp³-hybridized carbons (Fsp3) is 0.769. The van der Waals surface area contributed by atoms with Crippen LogP contribution in [0.4, 0.5) is 0 Å². The minimum atomic E-state index is -5.15. The molecule has 0 bridgehead atoms. The van der Waals surface area contributed by atoms with Crippen molar-refractivity contribution >= 4 is 13.7 Å². The second kappa shape index (κ2) is 29.5. The zero-order valence-corrected chi connectivity index (χ0v) is 32.8. The van der Waals surface area contributed by atoms with Crippen molar-refractivity contribution in [2.45, 2.75) is 184 Å². The minimum absolute atomic E-state index is 0.269. The largest absolute Gasteiger partial charge is 0.472 e. The van der Waals surface area contributed by atoms with Crippen LogP contribution in [0.3, 0.4) is 0 Å². The number of aliphatic hydroxyl groups is 7. The van der Waals surface area contributed by atoms with Crippen LogP contribution in [-0.4, -0.2) is 108 Å². The van der Waals surface area contributed by atoms with Crippen LogP contribution in [0.5, 0.6) is 0 Å². The van der Waals surface area contributed by atoms with Crippen LogP contribution in [0.2, 0.25) is 0 Å². The predicted octanol–water partition coefficient (Wildman–Crippen LogP) is 4.80. The zero-order valence-electron chi connectivity index (χ0n) is 31.9. The van der Waals surface area contributed by atoms with Gasteiger partial charge in [-0.1, -0.05) is 101 Å². The Balaban J connectivity index is 2.72. The summed E-state index contributed by atoms with van der Waals surface area (Å²) in [6.45, 7) is 3.60. The molecule has 8 unspecified atom stereocenters. The van der Waals surface area contributed by atoms with E-state index in [1.807, 2.05) is 6.08 Å². The Kier molecular flexibility index (Phi) is 27.5. The van der Waals surface area contributed by atoms with Crippen molar-refractivity contribution in [2.75, 3.05) is 6.61 Å². The summed E-state index contributed by atoms with van der Waals surface area (Å²) in [4.78, 5) is 23.2. The number of hydrogen-bond acceptors (Lipinski definition) is 11. The van der Waals surface area contributed by atoms with Gasteiger partial charge in [0.15, 0.2) is 0 Å². The molecule has 0 aliphatic heterocycles. The van der Waals surface area contributed by atoms with Gasteiger partial charge >= 0.3 is 7.82 Å². The number of rotatable bonds is 30. The summed E-state index contributed by atoms with van der Waals surface area (Å²) in [7, 11) is -5.15. The van der Waals surface area contributed by atoms with Gasteiger partial charge in [-0.15, -0.1) is 0 Å². The fourth-order valence-electron chi connectivity index (χ4n) is 5.79. The van der Waals surface area contributed by atoms with E-state index in [1.165, 1.54) is 44.6 Å². The van der Waals surface area contributed by atoms with Crippen molar-refractivity contribution in [3.8, 4) is 0 Å². The van der Waals surface area contributed by atoms with Gasteiger partial charge in [0, 0.05) is 0 Å². The Hall–Kier alpha value is -1.74. The van der Waals surface area contributed by atoms with Gasteiger partial charge in [0.05, 0.1) is 31.3 Å². The average Bonchev–Trinajstić information content (AvgIpc) is 3.12. The standard InChI is InChI=1S/C39H70NO12P/c1-3-5-7-9-11-13-15-16-17-19-21-23-25-27-32(42)31(29-51-53(49,50)52-39-37(47)35(45)34(44)36(46)38(39)48)40-33(43)28-30(41)26-24-22-20-18-14-12-10-8-6-4-2/h11-14,17,19,25,27,30-32,34-39,41-42,44-48H,3-10,15-16,18,20-24,26,28-29H2,1-2H3,(H,40,43)(H,49,50)/b13-11+,14-12-,19-17+,27-25+. The lowest BCUT2D eigenvalue weighted by molar-refractivity contribution is -0.220. The third kappa shape index (κ3) is 22.4. The second-order valence-corrected chi connectivity index (χ2v) is 15.3. The number of hydrogen-bond donors (Lipinski definition) is 9. The number of phosphoric acid groups is 1. The van der Waals surface area contributed by atoms with E-state index in [4.69, 9.17) is 9.05 Å². The Morgan fingerprint density at radius 2 is 1.11 bits per heavy atom. The highest BCUT2D eigenvalue weighted by Gasteiger charge is 2.51. The average molecular weight is 776 g/mol. The van der Waals surface area contributed by atoms with Crippen LogP contribution in [0.15, 0.2) is 48.6 Å². The number of nitrogens with one attached hydrogen (secondary N) is 1. The van der Waals surface area contributed by atoms with Crippen LogP contribution in [-0.2, 0) is 18.4 Å². The summed E-state index contributed by atoms with van der Waals surface area (Å²) >= 11 is 0. The predicted molar refractivity (Wildman–Crippen MR) is 206 cm³/mol. The maximum Gasteiger partial charge on any atom is 0.472 e. The molecule has 0 spiro atoms. The summed E-state index contributed by atoms with van der Waals surface area (Å²) in [5, 5.41) is 74.0. The minimum Gasteiger partial charge on any atom is -0.393 e. The molecule has 1 saturated carbocycles. The van der Waals surface area contributed by atoms with Gasteiger partial charge < -0.3 is 46.0 Å². The summed E-state index contributed by atoms with van der Waals surface area (Å²) in [5.74, 6) is -0.622. The highest BCUT2D eigenvalue weighted by molar-refractivity contribution is 7.47. The molecule has 14 heteroatoms. The lowest BCUT2D eigenvalue weighted by Gasteiger charge is -2.41. The van der Waals surface area contributed by atoms with E-state index in [0.717, 1.165) is 51.4 Å². The van der Waals surface area contributed by atoms with Crippen LogP contribution in [0.1, 0.15) is 129 Å². The maximum atomic E-state index is 12.9. The molecule has 1 amide bonds. The first-order valence-corrected chi connectivity index (χ1v) is 21.2. The molecule has 0 saturated heterocycles. The number of amides is 1. The first kappa shape index (κ1) is 49.3. The van der Waals surface area contributed by atoms with Crippen molar-refractivity contribution in [2.24, 2.45) is 0 Å². The smallest absolute Gasteiger partial charge is 0.393 e. The van der Waals surface area contributed by atoms with E-state index in [1.54, 1.807) is 6.08 Å². The van der Waals surface area contributed by atoms with E-state index in [-0.39, 0.29) is 6.42 Å². The molecule has 0 radical (unpaired) electrons. The molecule has 13 nitrogen and oxygen atoms in total. The summed E-state index contributed by atoms with van der Waals surface area (Å²) in [6, 6.07) is -1.27. The molecule has 1 fully saturated rings. The van der Waals surface area contributed by atoms with Gasteiger partial charge in [0.2, 0.25) is 5.91 Å². The van der Waals surface area contributed by atoms with Crippen LogP contribution in [0.25, 0.3) is 0 Å². The SMILES string of the molecule is CCCCC/C=C\CCCCCC(O)CC(=O)NC(COP(=O)(O)OC1C(O)C(O)C(O)C(O)C1O)C(O)/C=C/CC/C=C/CC/C=C/CCCCC. The lowest BCUT2D eigenvalue weighted by Crippen LogP contribution is -2.64. The fourth-order valence-corrected chi connectivity index (χ4v) is 6.76. The number of phosphoric ester groups is 1. The number of unbranched alkanes of at least 4 members (excludes halogenated alkanes) is 11. The van der Waals surface area contributed by atoms with Crippen molar-refractivity contribution in [1.82, 2.24) is 5.32 Å². The molecular weight excluding hydrogens is 705 g/mol. The number of aliphatic hydroxyl groups excluding tert-OH is 7. The van der Waals surface area contributed by atoms with Gasteiger partial charge in [0.25, 0.3) is 0 Å². The first-order valence-electron chi connectivity index (χ1n) is 19.7. The third-order valence-corrected chi connectivity index (χ3v) is 10.1. The molecule has 308 valence electrons. The van der Waals surface area contributed by atoms with Crippen LogP contribution >= 0.6 is 7.82 Å². The van der Waals surface area contributed by atoms with Crippen molar-refractivity contribution in [1.29, 1.82) is 0 Å². The van der Waals surface area contributed by atoms with Crippen molar-refractivity contribution < 1.29 is 59.0 Å². The van der Waals surface area contributed by atoms with Crippen molar-refractivity contribution in [3.63, 3.8) is 0 Å². The zero-order chi connectivity index (χ0) is 39.5. The normalized spacial score (nSPS) is 25.4. The second-order valence-electron chi connectivity index (χ2n) is 13.9. The monoisotopic (exact) mass is 775 g/mol. The Morgan fingerprint density at radius 3 is 1.62 bits per heavy atom. The van der Waals surface area contributed by atoms with E-state index in [9.17, 15) is 50.0 Å². The number of carbonyl (C=O) groups is 1.